The topological polar surface area (TPSA) is 69.6 Å². The molecule has 72 heavy (non-hydrogen) atoms. The summed E-state index contributed by atoms with van der Waals surface area (Å²) in [6.45, 7) is 4.37. The molecule has 0 aromatic rings. The maximum atomic E-state index is 12.5. The van der Waals surface area contributed by atoms with Crippen LogP contribution in [0.4, 0.5) is 0 Å². The van der Waals surface area contributed by atoms with Gasteiger partial charge in [-0.2, -0.15) is 0 Å². The first-order chi connectivity index (χ1) is 35.7. The number of hydrogen-bond donors (Lipinski definition) is 3. The predicted molar refractivity (Wildman–Crippen MR) is 323 cm³/mol. The Morgan fingerprint density at radius 3 is 0.722 bits per heavy atom. The summed E-state index contributed by atoms with van der Waals surface area (Å²) in [5, 5.41) is 23.3. The van der Waals surface area contributed by atoms with E-state index in [4.69, 9.17) is 0 Å². The van der Waals surface area contributed by atoms with Gasteiger partial charge in [-0.25, -0.2) is 0 Å². The standard InChI is InChI=1S/C68H135NO3/c1-3-5-7-9-11-13-15-17-19-21-23-25-27-29-31-32-33-34-35-36-38-39-41-43-45-47-49-51-53-55-57-59-61-63-67(71)66(65-70)69-68(72)64-62-60-58-56-54-52-50-48-46-44-42-40-37-30-28-26-24-22-20-18-16-14-12-10-8-6-4-2/h61,63,66-67,70-71H,3-60,62,64-65H2,1-2H3,(H,69,72)/b63-61+. The van der Waals surface area contributed by atoms with Crippen LogP contribution in [0.1, 0.15) is 399 Å². The quantitative estimate of drug-likeness (QED) is 0.0420. The minimum Gasteiger partial charge on any atom is -0.394 e. The Balaban J connectivity index is 3.40. The van der Waals surface area contributed by atoms with Gasteiger partial charge in [0, 0.05) is 6.42 Å². The van der Waals surface area contributed by atoms with Crippen molar-refractivity contribution in [3.05, 3.63) is 12.2 Å². The van der Waals surface area contributed by atoms with Crippen molar-refractivity contribution in [3.8, 4) is 0 Å². The first-order valence-corrected chi connectivity index (χ1v) is 33.9. The van der Waals surface area contributed by atoms with E-state index in [2.05, 4.69) is 19.2 Å². The molecule has 0 fully saturated rings. The van der Waals surface area contributed by atoms with Crippen LogP contribution in [0.15, 0.2) is 12.2 Å². The van der Waals surface area contributed by atoms with Crippen molar-refractivity contribution >= 4 is 5.91 Å². The van der Waals surface area contributed by atoms with Gasteiger partial charge in [0.05, 0.1) is 18.8 Å². The molecular formula is C68H135NO3. The Bertz CT molecular complexity index is 1010. The summed E-state index contributed by atoms with van der Waals surface area (Å²) in [6.07, 6.45) is 85.8. The highest BCUT2D eigenvalue weighted by molar-refractivity contribution is 5.76. The van der Waals surface area contributed by atoms with E-state index >= 15 is 0 Å². The molecule has 3 N–H and O–H groups in total. The van der Waals surface area contributed by atoms with Crippen molar-refractivity contribution in [1.82, 2.24) is 5.32 Å². The number of aliphatic hydroxyl groups is 2. The van der Waals surface area contributed by atoms with Crippen molar-refractivity contribution < 1.29 is 15.0 Å². The number of allylic oxidation sites excluding steroid dienone is 1. The van der Waals surface area contributed by atoms with E-state index in [1.807, 2.05) is 6.08 Å². The molecule has 0 saturated heterocycles. The molecule has 2 atom stereocenters. The van der Waals surface area contributed by atoms with Crippen molar-refractivity contribution in [2.24, 2.45) is 0 Å². The number of carbonyl (C=O) groups excluding carboxylic acids is 1. The normalized spacial score (nSPS) is 12.7. The Morgan fingerprint density at radius 1 is 0.319 bits per heavy atom. The van der Waals surface area contributed by atoms with Crippen molar-refractivity contribution in [3.63, 3.8) is 0 Å². The summed E-state index contributed by atoms with van der Waals surface area (Å²) in [5.41, 5.74) is 0. The van der Waals surface area contributed by atoms with Crippen LogP contribution in [0.2, 0.25) is 0 Å². The second-order valence-electron chi connectivity index (χ2n) is 23.6. The first-order valence-electron chi connectivity index (χ1n) is 33.9. The van der Waals surface area contributed by atoms with Crippen LogP contribution in [0.25, 0.3) is 0 Å². The molecule has 0 saturated carbocycles. The van der Waals surface area contributed by atoms with Crippen molar-refractivity contribution in [2.45, 2.75) is 411 Å². The molecule has 1 amide bonds. The summed E-state index contributed by atoms with van der Waals surface area (Å²) in [4.78, 5) is 12.5. The number of nitrogens with one attached hydrogen (secondary N) is 1. The lowest BCUT2D eigenvalue weighted by Crippen LogP contribution is -2.45. The van der Waals surface area contributed by atoms with E-state index in [1.165, 1.54) is 353 Å². The number of unbranched alkanes of at least 4 members (excludes halogenated alkanes) is 57. The van der Waals surface area contributed by atoms with E-state index in [1.54, 1.807) is 6.08 Å². The molecule has 2 unspecified atom stereocenters. The Hall–Kier alpha value is -0.870. The van der Waals surface area contributed by atoms with Crippen LogP contribution in [0.3, 0.4) is 0 Å². The summed E-state index contributed by atoms with van der Waals surface area (Å²) in [5.74, 6) is -0.0535. The third kappa shape index (κ3) is 60.0. The number of hydrogen-bond acceptors (Lipinski definition) is 3. The third-order valence-corrected chi connectivity index (χ3v) is 16.3. The van der Waals surface area contributed by atoms with Crippen molar-refractivity contribution in [1.29, 1.82) is 0 Å². The third-order valence-electron chi connectivity index (χ3n) is 16.3. The zero-order valence-corrected chi connectivity index (χ0v) is 49.7. The lowest BCUT2D eigenvalue weighted by molar-refractivity contribution is -0.123. The molecule has 0 aromatic heterocycles. The van der Waals surface area contributed by atoms with Gasteiger partial charge in [-0.3, -0.25) is 4.79 Å². The lowest BCUT2D eigenvalue weighted by atomic mass is 10.0. The highest BCUT2D eigenvalue weighted by Gasteiger charge is 2.18. The molecule has 0 radical (unpaired) electrons. The van der Waals surface area contributed by atoms with E-state index < -0.39 is 12.1 Å². The molecular weight excluding hydrogens is 879 g/mol. The van der Waals surface area contributed by atoms with Crippen LogP contribution in [-0.4, -0.2) is 34.9 Å². The van der Waals surface area contributed by atoms with E-state index in [-0.39, 0.29) is 12.5 Å². The molecule has 430 valence electrons. The molecule has 4 heteroatoms. The average molecular weight is 1010 g/mol. The SMILES string of the molecule is CCCCCCCCCCCCCCCCCCCCCCCCCCCCCCCCC/C=C/C(O)C(CO)NC(=O)CCCCCCCCCCCCCCCCCCCCCCCCCCCCC. The summed E-state index contributed by atoms with van der Waals surface area (Å²) in [6, 6.07) is -0.619. The Kier molecular flexibility index (Phi) is 63.6. The monoisotopic (exact) mass is 1010 g/mol. The van der Waals surface area contributed by atoms with Gasteiger partial charge in [-0.05, 0) is 19.3 Å². The number of rotatable bonds is 64. The van der Waals surface area contributed by atoms with Crippen molar-refractivity contribution in [2.75, 3.05) is 6.61 Å². The van der Waals surface area contributed by atoms with E-state index in [0.29, 0.717) is 6.42 Å². The fraction of sp³-hybridized carbons (Fsp3) is 0.956. The fourth-order valence-electron chi connectivity index (χ4n) is 11.1. The second-order valence-corrected chi connectivity index (χ2v) is 23.6. The van der Waals surface area contributed by atoms with Crippen LogP contribution in [0, 0.1) is 0 Å². The number of aliphatic hydroxyl groups excluding tert-OH is 2. The minimum atomic E-state index is -0.837. The molecule has 0 bridgehead atoms. The highest BCUT2D eigenvalue weighted by Crippen LogP contribution is 2.19. The predicted octanol–water partition coefficient (Wildman–Crippen LogP) is 22.8. The zero-order chi connectivity index (χ0) is 52.0. The molecule has 0 aliphatic rings. The molecule has 0 aliphatic heterocycles. The molecule has 0 spiro atoms. The molecule has 0 aromatic carbocycles. The van der Waals surface area contributed by atoms with Gasteiger partial charge < -0.3 is 15.5 Å². The number of carbonyl (C=O) groups is 1. The minimum absolute atomic E-state index is 0.0535. The summed E-state index contributed by atoms with van der Waals surface area (Å²) < 4.78 is 0. The van der Waals surface area contributed by atoms with Crippen LogP contribution >= 0.6 is 0 Å². The van der Waals surface area contributed by atoms with E-state index in [0.717, 1.165) is 25.7 Å². The summed E-state index contributed by atoms with van der Waals surface area (Å²) in [7, 11) is 0. The van der Waals surface area contributed by atoms with E-state index in [9.17, 15) is 15.0 Å². The van der Waals surface area contributed by atoms with Gasteiger partial charge in [0.15, 0.2) is 0 Å². The van der Waals surface area contributed by atoms with Crippen LogP contribution in [-0.2, 0) is 4.79 Å². The average Bonchev–Trinajstić information content (AvgIpc) is 3.39. The van der Waals surface area contributed by atoms with Gasteiger partial charge in [0.2, 0.25) is 5.91 Å². The van der Waals surface area contributed by atoms with Crippen LogP contribution < -0.4 is 5.32 Å². The maximum absolute atomic E-state index is 12.5. The Morgan fingerprint density at radius 2 is 0.514 bits per heavy atom. The van der Waals surface area contributed by atoms with Gasteiger partial charge in [-0.1, -0.05) is 386 Å². The molecule has 0 rings (SSSR count). The van der Waals surface area contributed by atoms with Gasteiger partial charge >= 0.3 is 0 Å². The van der Waals surface area contributed by atoms with Gasteiger partial charge in [0.1, 0.15) is 0 Å². The van der Waals surface area contributed by atoms with Gasteiger partial charge in [0.25, 0.3) is 0 Å². The van der Waals surface area contributed by atoms with Gasteiger partial charge in [-0.15, -0.1) is 0 Å². The first kappa shape index (κ1) is 71.1. The lowest BCUT2D eigenvalue weighted by Gasteiger charge is -2.20. The highest BCUT2D eigenvalue weighted by atomic mass is 16.3. The second kappa shape index (κ2) is 64.4. The fourth-order valence-corrected chi connectivity index (χ4v) is 11.1. The molecule has 0 aliphatic carbocycles. The number of amides is 1. The zero-order valence-electron chi connectivity index (χ0n) is 49.7. The maximum Gasteiger partial charge on any atom is 0.220 e. The largest absolute Gasteiger partial charge is 0.394 e. The smallest absolute Gasteiger partial charge is 0.220 e. The van der Waals surface area contributed by atoms with Crippen LogP contribution in [0.5, 0.6) is 0 Å². The molecule has 0 heterocycles. The molecule has 4 nitrogen and oxygen atoms in total. The summed E-state index contributed by atoms with van der Waals surface area (Å²) >= 11 is 0. The Labute approximate surface area is 454 Å².